The second-order valence-electron chi connectivity index (χ2n) is 10.1. The number of aromatic amines is 1. The smallest absolute Gasteiger partial charge is 0.255 e. The number of amides is 1. The largest absolute Gasteiger partial charge is 0.497 e. The number of H-pyrrole nitrogens is 1. The molecule has 3 heterocycles. The third kappa shape index (κ3) is 5.02. The third-order valence-electron chi connectivity index (χ3n) is 7.40. The quantitative estimate of drug-likeness (QED) is 0.216. The molecule has 0 saturated carbocycles. The number of anilines is 1. The first-order valence-electron chi connectivity index (χ1n) is 13.3. The third-order valence-corrected chi connectivity index (χ3v) is 8.59. The SMILES string of the molecule is CNC(=O)c1c(-c2ccc(F)cc2)oc2cc(N(C)S(C)(=O)=O)c(-c3cc(OC)cc(-c4cc5c(F)cccc5[nH]4)n3)cc12. The second kappa shape index (κ2) is 10.8. The Hall–Kier alpha value is -5.23. The number of methoxy groups -OCH3 is 1. The normalized spacial score (nSPS) is 11.7. The van der Waals surface area contributed by atoms with E-state index in [1.807, 2.05) is 0 Å². The zero-order valence-electron chi connectivity index (χ0n) is 24.0. The first-order valence-corrected chi connectivity index (χ1v) is 15.2. The zero-order valence-corrected chi connectivity index (χ0v) is 24.8. The van der Waals surface area contributed by atoms with Crippen LogP contribution in [0.3, 0.4) is 0 Å². The van der Waals surface area contributed by atoms with E-state index in [2.05, 4.69) is 10.3 Å². The summed E-state index contributed by atoms with van der Waals surface area (Å²) in [7, 11) is 0.576. The predicted octanol–water partition coefficient (Wildman–Crippen LogP) is 6.35. The summed E-state index contributed by atoms with van der Waals surface area (Å²) in [6, 6.07) is 18.3. The highest BCUT2D eigenvalue weighted by Gasteiger charge is 2.27. The van der Waals surface area contributed by atoms with Gasteiger partial charge in [0.15, 0.2) is 0 Å². The van der Waals surface area contributed by atoms with Crippen LogP contribution in [0.2, 0.25) is 0 Å². The number of pyridine rings is 1. The van der Waals surface area contributed by atoms with Gasteiger partial charge in [-0.2, -0.15) is 0 Å². The fourth-order valence-electron chi connectivity index (χ4n) is 5.09. The van der Waals surface area contributed by atoms with E-state index in [-0.39, 0.29) is 22.6 Å². The number of sulfonamides is 1. The van der Waals surface area contributed by atoms with E-state index in [1.165, 1.54) is 57.6 Å². The first kappa shape index (κ1) is 28.9. The van der Waals surface area contributed by atoms with E-state index in [1.54, 1.807) is 36.4 Å². The van der Waals surface area contributed by atoms with Gasteiger partial charge in [-0.15, -0.1) is 0 Å². The molecule has 0 fully saturated rings. The monoisotopic (exact) mass is 616 g/mol. The van der Waals surface area contributed by atoms with Crippen LogP contribution in [0, 0.1) is 11.6 Å². The van der Waals surface area contributed by atoms with E-state index in [0.29, 0.717) is 50.2 Å². The molecule has 6 rings (SSSR count). The first-order chi connectivity index (χ1) is 21.0. The topological polar surface area (TPSA) is 118 Å². The lowest BCUT2D eigenvalue weighted by Crippen LogP contribution is -2.25. The zero-order chi connectivity index (χ0) is 31.3. The van der Waals surface area contributed by atoms with E-state index in [4.69, 9.17) is 14.1 Å². The van der Waals surface area contributed by atoms with Gasteiger partial charge >= 0.3 is 0 Å². The fraction of sp³-hybridized carbons (Fsp3) is 0.125. The van der Waals surface area contributed by atoms with Crippen LogP contribution < -0.4 is 14.4 Å². The Bertz CT molecular complexity index is 2190. The average molecular weight is 617 g/mol. The molecule has 6 aromatic rings. The molecule has 0 radical (unpaired) electrons. The Kier molecular flexibility index (Phi) is 7.08. The lowest BCUT2D eigenvalue weighted by atomic mass is 10.0. The molecule has 9 nitrogen and oxygen atoms in total. The van der Waals surface area contributed by atoms with Crippen molar-refractivity contribution in [1.82, 2.24) is 15.3 Å². The number of hydrogen-bond donors (Lipinski definition) is 2. The number of ether oxygens (including phenoxy) is 1. The van der Waals surface area contributed by atoms with Gasteiger partial charge in [0.05, 0.1) is 41.7 Å². The molecule has 0 spiro atoms. The van der Waals surface area contributed by atoms with Gasteiger partial charge in [-0.3, -0.25) is 9.10 Å². The van der Waals surface area contributed by atoms with Crippen molar-refractivity contribution in [2.24, 2.45) is 0 Å². The van der Waals surface area contributed by atoms with Crippen LogP contribution in [0.25, 0.3) is 55.8 Å². The van der Waals surface area contributed by atoms with Crippen LogP contribution in [-0.2, 0) is 10.0 Å². The lowest BCUT2D eigenvalue weighted by Gasteiger charge is -2.21. The van der Waals surface area contributed by atoms with Crippen molar-refractivity contribution in [3.05, 3.63) is 90.0 Å². The van der Waals surface area contributed by atoms with Crippen molar-refractivity contribution < 1.29 is 31.1 Å². The Morgan fingerprint density at radius 1 is 1.00 bits per heavy atom. The molecule has 3 aromatic heterocycles. The molecule has 44 heavy (non-hydrogen) atoms. The molecule has 0 saturated heterocycles. The van der Waals surface area contributed by atoms with Crippen LogP contribution in [0.5, 0.6) is 5.75 Å². The molecule has 224 valence electrons. The lowest BCUT2D eigenvalue weighted by molar-refractivity contribution is 0.0964. The number of rotatable bonds is 7. The van der Waals surface area contributed by atoms with Crippen molar-refractivity contribution in [3.8, 4) is 39.7 Å². The van der Waals surface area contributed by atoms with Crippen molar-refractivity contribution in [3.63, 3.8) is 0 Å². The summed E-state index contributed by atoms with van der Waals surface area (Å²) < 4.78 is 66.6. The van der Waals surface area contributed by atoms with Crippen LogP contribution >= 0.6 is 0 Å². The molecule has 0 bridgehead atoms. The second-order valence-corrected chi connectivity index (χ2v) is 12.2. The highest BCUT2D eigenvalue weighted by molar-refractivity contribution is 7.92. The Balaban J connectivity index is 1.65. The Morgan fingerprint density at radius 3 is 2.39 bits per heavy atom. The standard InChI is InChI=1S/C32H26F2N4O5S/c1-35-32(39)30-22-14-21(25-12-19(42-3)13-26(37-25)27-15-20-23(34)6-5-7-24(20)36-27)28(38(2)44(4,40)41)16-29(22)43-31(30)17-8-10-18(33)11-9-17/h5-16,36H,1-4H3,(H,35,39). The molecular formula is C32H26F2N4O5S. The number of fused-ring (bicyclic) bond motifs is 2. The summed E-state index contributed by atoms with van der Waals surface area (Å²) in [5, 5.41) is 3.38. The molecule has 0 aliphatic rings. The van der Waals surface area contributed by atoms with Crippen LogP contribution in [-0.4, -0.2) is 51.8 Å². The number of aromatic nitrogens is 2. The van der Waals surface area contributed by atoms with Gasteiger partial charge in [0.2, 0.25) is 10.0 Å². The van der Waals surface area contributed by atoms with Gasteiger partial charge in [-0.25, -0.2) is 22.2 Å². The van der Waals surface area contributed by atoms with Gasteiger partial charge in [0.1, 0.15) is 28.7 Å². The number of furan rings is 1. The van der Waals surface area contributed by atoms with Gasteiger partial charge in [-0.05, 0) is 48.5 Å². The summed E-state index contributed by atoms with van der Waals surface area (Å²) in [5.74, 6) is -0.720. The molecule has 3 aromatic carbocycles. The molecule has 12 heteroatoms. The molecule has 0 atom stereocenters. The van der Waals surface area contributed by atoms with Crippen LogP contribution in [0.1, 0.15) is 10.4 Å². The number of carbonyl (C=O) groups is 1. The highest BCUT2D eigenvalue weighted by atomic mass is 32.2. The summed E-state index contributed by atoms with van der Waals surface area (Å²) >= 11 is 0. The maximum atomic E-state index is 14.5. The summed E-state index contributed by atoms with van der Waals surface area (Å²) in [6.07, 6.45) is 1.06. The van der Waals surface area contributed by atoms with Gasteiger partial charge < -0.3 is 19.5 Å². The number of nitrogens with zero attached hydrogens (tertiary/aromatic N) is 2. The van der Waals surface area contributed by atoms with Crippen molar-refractivity contribution in [2.45, 2.75) is 0 Å². The van der Waals surface area contributed by atoms with E-state index in [9.17, 15) is 22.0 Å². The number of benzene rings is 3. The minimum Gasteiger partial charge on any atom is -0.497 e. The van der Waals surface area contributed by atoms with Gasteiger partial charge in [0, 0.05) is 59.7 Å². The molecular weight excluding hydrogens is 590 g/mol. The summed E-state index contributed by atoms with van der Waals surface area (Å²) in [5.41, 5.74) is 3.25. The summed E-state index contributed by atoms with van der Waals surface area (Å²) in [6.45, 7) is 0. The number of hydrogen-bond acceptors (Lipinski definition) is 6. The van der Waals surface area contributed by atoms with E-state index in [0.717, 1.165) is 10.6 Å². The highest BCUT2D eigenvalue weighted by Crippen LogP contribution is 2.42. The predicted molar refractivity (Wildman–Crippen MR) is 165 cm³/mol. The van der Waals surface area contributed by atoms with E-state index < -0.39 is 27.6 Å². The van der Waals surface area contributed by atoms with Crippen molar-refractivity contribution in [1.29, 1.82) is 0 Å². The molecule has 2 N–H and O–H groups in total. The van der Waals surface area contributed by atoms with Crippen molar-refractivity contribution in [2.75, 3.05) is 31.8 Å². The Morgan fingerprint density at radius 2 is 1.73 bits per heavy atom. The van der Waals surface area contributed by atoms with E-state index >= 15 is 0 Å². The number of nitrogens with one attached hydrogen (secondary N) is 2. The molecule has 0 aliphatic carbocycles. The minimum atomic E-state index is -3.77. The molecule has 0 aliphatic heterocycles. The molecule has 1 amide bonds. The van der Waals surface area contributed by atoms with Gasteiger partial charge in [0.25, 0.3) is 5.91 Å². The number of halogens is 2. The minimum absolute atomic E-state index is 0.179. The summed E-state index contributed by atoms with van der Waals surface area (Å²) in [4.78, 5) is 21.2. The number of carbonyl (C=O) groups excluding carboxylic acids is 1. The molecule has 0 unspecified atom stereocenters. The average Bonchev–Trinajstić information content (AvgIpc) is 3.62. The van der Waals surface area contributed by atoms with Crippen molar-refractivity contribution >= 4 is 43.5 Å². The maximum absolute atomic E-state index is 14.5. The fourth-order valence-corrected chi connectivity index (χ4v) is 5.60. The Labute approximate surface area is 251 Å². The van der Waals surface area contributed by atoms with Crippen LogP contribution in [0.4, 0.5) is 14.5 Å². The van der Waals surface area contributed by atoms with Crippen LogP contribution in [0.15, 0.2) is 77.2 Å². The maximum Gasteiger partial charge on any atom is 0.255 e. The van der Waals surface area contributed by atoms with Gasteiger partial charge in [-0.1, -0.05) is 6.07 Å².